The zero-order chi connectivity index (χ0) is 27.9. The van der Waals surface area contributed by atoms with Crippen molar-refractivity contribution in [3.05, 3.63) is 134 Å². The van der Waals surface area contributed by atoms with Gasteiger partial charge in [0.1, 0.15) is 6.61 Å². The number of carboxylic acid groups (broad SMARTS) is 1. The number of aliphatic carboxylic acids is 1. The molecule has 3 aromatic rings. The van der Waals surface area contributed by atoms with Crippen molar-refractivity contribution < 1.29 is 24.4 Å². The van der Waals surface area contributed by atoms with Gasteiger partial charge in [-0.25, -0.2) is 9.59 Å². The Morgan fingerprint density at radius 3 is 2.46 bits per heavy atom. The lowest BCUT2D eigenvalue weighted by molar-refractivity contribution is -0.384. The van der Waals surface area contributed by atoms with Crippen LogP contribution in [0.25, 0.3) is 6.08 Å². The maximum atomic E-state index is 13.2. The van der Waals surface area contributed by atoms with Crippen LogP contribution < -0.4 is 5.32 Å². The number of dihydropyridines is 1. The van der Waals surface area contributed by atoms with Gasteiger partial charge in [-0.15, -0.1) is 0 Å². The van der Waals surface area contributed by atoms with Gasteiger partial charge in [0.2, 0.25) is 0 Å². The van der Waals surface area contributed by atoms with Crippen LogP contribution in [-0.4, -0.2) is 33.6 Å². The number of ether oxygens (including phenoxy) is 1. The lowest BCUT2D eigenvalue weighted by atomic mass is 9.80. The molecule has 2 aromatic carbocycles. The molecule has 0 fully saturated rings. The monoisotopic (exact) mass is 525 g/mol. The topological polar surface area (TPSA) is 132 Å². The lowest BCUT2D eigenvalue weighted by Gasteiger charge is -2.29. The van der Waals surface area contributed by atoms with Gasteiger partial charge in [-0.2, -0.15) is 0 Å². The van der Waals surface area contributed by atoms with Crippen LogP contribution in [0.2, 0.25) is 0 Å². The van der Waals surface area contributed by atoms with E-state index >= 15 is 0 Å². The third kappa shape index (κ3) is 6.45. The zero-order valence-electron chi connectivity index (χ0n) is 21.5. The normalized spacial score (nSPS) is 15.3. The van der Waals surface area contributed by atoms with Crippen LogP contribution in [0.4, 0.5) is 5.69 Å². The number of nitrogens with one attached hydrogen (secondary N) is 1. The summed E-state index contributed by atoms with van der Waals surface area (Å²) in [6, 6.07) is 17.5. The smallest absolute Gasteiger partial charge is 0.337 e. The van der Waals surface area contributed by atoms with E-state index in [2.05, 4.69) is 10.3 Å². The number of esters is 1. The van der Waals surface area contributed by atoms with Crippen molar-refractivity contribution in [3.8, 4) is 0 Å². The molecule has 0 bridgehead atoms. The number of hydrogen-bond donors (Lipinski definition) is 2. The van der Waals surface area contributed by atoms with Crippen molar-refractivity contribution in [2.75, 3.05) is 6.61 Å². The Kier molecular flexibility index (Phi) is 8.30. The number of non-ortho nitro benzene ring substituents is 1. The molecular weight excluding hydrogens is 498 g/mol. The van der Waals surface area contributed by atoms with Crippen LogP contribution in [0, 0.1) is 10.1 Å². The van der Waals surface area contributed by atoms with Gasteiger partial charge in [-0.3, -0.25) is 15.1 Å². The van der Waals surface area contributed by atoms with Gasteiger partial charge in [-0.05, 0) is 54.7 Å². The van der Waals surface area contributed by atoms with Gasteiger partial charge in [0.15, 0.2) is 0 Å². The minimum atomic E-state index is -1.24. The van der Waals surface area contributed by atoms with E-state index in [0.29, 0.717) is 17.0 Å². The first kappa shape index (κ1) is 27.0. The van der Waals surface area contributed by atoms with Crippen molar-refractivity contribution in [2.45, 2.75) is 26.2 Å². The largest absolute Gasteiger partial charge is 0.478 e. The first-order valence-electron chi connectivity index (χ1n) is 12.2. The van der Waals surface area contributed by atoms with Gasteiger partial charge in [0.05, 0.1) is 22.0 Å². The molecule has 198 valence electrons. The Hall–Kier alpha value is -5.05. The lowest BCUT2D eigenvalue weighted by Crippen LogP contribution is -2.31. The summed E-state index contributed by atoms with van der Waals surface area (Å²) in [4.78, 5) is 40.3. The number of aromatic nitrogens is 1. The number of carbonyl (C=O) groups excluding carboxylic acids is 1. The van der Waals surface area contributed by atoms with Crippen molar-refractivity contribution in [2.24, 2.45) is 0 Å². The number of hydrogen-bond acceptors (Lipinski definition) is 7. The van der Waals surface area contributed by atoms with Crippen LogP contribution >= 0.6 is 0 Å². The summed E-state index contributed by atoms with van der Waals surface area (Å²) in [5.41, 5.74) is 4.09. The number of pyridine rings is 1. The maximum absolute atomic E-state index is 13.2. The fraction of sp³-hybridized carbons (Fsp3) is 0.167. The summed E-state index contributed by atoms with van der Waals surface area (Å²) >= 11 is 0. The van der Waals surface area contributed by atoms with Gasteiger partial charge in [-0.1, -0.05) is 48.5 Å². The number of allylic oxidation sites excluding steroid dienone is 2. The molecule has 1 aromatic heterocycles. The average Bonchev–Trinajstić information content (AvgIpc) is 2.92. The molecule has 1 atom stereocenters. The van der Waals surface area contributed by atoms with Crippen LogP contribution in [-0.2, 0) is 20.7 Å². The van der Waals surface area contributed by atoms with Crippen molar-refractivity contribution >= 4 is 23.7 Å². The summed E-state index contributed by atoms with van der Waals surface area (Å²) in [6.45, 7) is 3.19. The van der Waals surface area contributed by atoms with E-state index in [-0.39, 0.29) is 23.4 Å². The number of nitro groups is 1. The first-order chi connectivity index (χ1) is 18.7. The molecule has 9 nitrogen and oxygen atoms in total. The fourth-order valence-corrected chi connectivity index (χ4v) is 4.57. The van der Waals surface area contributed by atoms with E-state index in [0.717, 1.165) is 23.1 Å². The predicted molar refractivity (Wildman–Crippen MR) is 145 cm³/mol. The molecule has 0 aliphatic carbocycles. The number of rotatable bonds is 9. The van der Waals surface area contributed by atoms with E-state index in [9.17, 15) is 24.8 Å². The van der Waals surface area contributed by atoms with Crippen LogP contribution in [0.15, 0.2) is 102 Å². The molecule has 4 rings (SSSR count). The van der Waals surface area contributed by atoms with Crippen LogP contribution in [0.1, 0.15) is 42.0 Å². The summed E-state index contributed by atoms with van der Waals surface area (Å²) in [7, 11) is 0. The minimum Gasteiger partial charge on any atom is -0.478 e. The highest BCUT2D eigenvalue weighted by Gasteiger charge is 2.37. The Morgan fingerprint density at radius 1 is 1.05 bits per heavy atom. The molecule has 0 saturated carbocycles. The van der Waals surface area contributed by atoms with Crippen molar-refractivity contribution in [1.29, 1.82) is 0 Å². The van der Waals surface area contributed by atoms with Gasteiger partial charge in [0.25, 0.3) is 5.69 Å². The Bertz CT molecular complexity index is 1490. The standard InChI is InChI=1S/C30H27N3O6/c1-19-26(29(34)35)28(24-8-3-9-25(17-24)33(37)38)27(20(2)32-19)30(36)39-15-5-7-21-10-12-22(13-11-21)16-23-6-4-14-31-18-23/h3-14,17-18,28,32H,15-16H2,1-2H3,(H,34,35)/b7-5+. The predicted octanol–water partition coefficient (Wildman–Crippen LogP) is 5.16. The number of nitrogens with zero attached hydrogens (tertiary/aromatic N) is 2. The van der Waals surface area contributed by atoms with Crippen LogP contribution in [0.5, 0.6) is 0 Å². The number of carbonyl (C=O) groups is 2. The molecule has 1 aliphatic heterocycles. The van der Waals surface area contributed by atoms with E-state index < -0.39 is 22.8 Å². The maximum Gasteiger partial charge on any atom is 0.337 e. The molecule has 9 heteroatoms. The number of nitro benzene ring substituents is 1. The third-order valence-corrected chi connectivity index (χ3v) is 6.36. The van der Waals surface area contributed by atoms with E-state index in [4.69, 9.17) is 4.74 Å². The van der Waals surface area contributed by atoms with E-state index in [1.807, 2.05) is 48.7 Å². The molecule has 0 spiro atoms. The molecule has 0 saturated heterocycles. The highest BCUT2D eigenvalue weighted by Crippen LogP contribution is 2.39. The second-order valence-corrected chi connectivity index (χ2v) is 9.07. The van der Waals surface area contributed by atoms with Gasteiger partial charge >= 0.3 is 11.9 Å². The summed E-state index contributed by atoms with van der Waals surface area (Å²) in [5, 5.41) is 24.2. The molecular formula is C30H27N3O6. The molecule has 0 amide bonds. The van der Waals surface area contributed by atoms with Crippen molar-refractivity contribution in [3.63, 3.8) is 0 Å². The third-order valence-electron chi connectivity index (χ3n) is 6.36. The van der Waals surface area contributed by atoms with E-state index in [1.165, 1.54) is 18.2 Å². The van der Waals surface area contributed by atoms with Gasteiger partial charge < -0.3 is 15.2 Å². The second-order valence-electron chi connectivity index (χ2n) is 9.07. The first-order valence-corrected chi connectivity index (χ1v) is 12.2. The molecule has 1 aliphatic rings. The van der Waals surface area contributed by atoms with Gasteiger partial charge in [0, 0.05) is 35.9 Å². The Morgan fingerprint density at radius 2 is 1.79 bits per heavy atom. The Balaban J connectivity index is 1.48. The fourth-order valence-electron chi connectivity index (χ4n) is 4.57. The minimum absolute atomic E-state index is 0.0419. The molecule has 0 radical (unpaired) electrons. The average molecular weight is 526 g/mol. The SMILES string of the molecule is CC1=C(C(=O)O)C(c2cccc([N+](=O)[O-])c2)C(C(=O)OC/C=C/c2ccc(Cc3cccnc3)cc2)=C(C)N1. The highest BCUT2D eigenvalue weighted by molar-refractivity contribution is 5.99. The number of benzene rings is 2. The van der Waals surface area contributed by atoms with Crippen molar-refractivity contribution in [1.82, 2.24) is 10.3 Å². The second kappa shape index (κ2) is 12.0. The molecule has 2 N–H and O–H groups in total. The highest BCUT2D eigenvalue weighted by atomic mass is 16.6. The Labute approximate surface area is 225 Å². The zero-order valence-corrected chi connectivity index (χ0v) is 21.5. The van der Waals surface area contributed by atoms with E-state index in [1.54, 1.807) is 32.2 Å². The quantitative estimate of drug-likeness (QED) is 0.223. The molecule has 39 heavy (non-hydrogen) atoms. The summed E-state index contributed by atoms with van der Waals surface area (Å²) in [5.74, 6) is -2.98. The van der Waals surface area contributed by atoms with Crippen LogP contribution in [0.3, 0.4) is 0 Å². The number of carboxylic acids is 1. The summed E-state index contributed by atoms with van der Waals surface area (Å²) < 4.78 is 5.49. The molecule has 2 heterocycles. The summed E-state index contributed by atoms with van der Waals surface area (Å²) in [6.07, 6.45) is 7.87. The molecule has 1 unspecified atom stereocenters.